The van der Waals surface area contributed by atoms with Crippen molar-refractivity contribution in [2.24, 2.45) is 0 Å². The summed E-state index contributed by atoms with van der Waals surface area (Å²) in [5.41, 5.74) is 1.75. The molecule has 0 saturated heterocycles. The summed E-state index contributed by atoms with van der Waals surface area (Å²) in [5, 5.41) is 9.10. The maximum atomic E-state index is 13.5. The lowest BCUT2D eigenvalue weighted by molar-refractivity contribution is 0.0697. The van der Waals surface area contributed by atoms with Crippen molar-refractivity contribution in [3.63, 3.8) is 0 Å². The Morgan fingerprint density at radius 2 is 1.72 bits per heavy atom. The van der Waals surface area contributed by atoms with Crippen LogP contribution in [0.5, 0.6) is 0 Å². The topological polar surface area (TPSA) is 74.7 Å². The van der Waals surface area contributed by atoms with Gasteiger partial charge in [-0.2, -0.15) is 4.31 Å². The molecule has 0 saturated carbocycles. The summed E-state index contributed by atoms with van der Waals surface area (Å²) in [6.07, 6.45) is 0.579. The van der Waals surface area contributed by atoms with E-state index in [1.54, 1.807) is 18.2 Å². The number of carboxylic acids is 1. The first kappa shape index (κ1) is 21.5. The van der Waals surface area contributed by atoms with Crippen molar-refractivity contribution in [1.29, 1.82) is 0 Å². The SMILES string of the molecule is CCC(c1ccccc1)N(Cc1ccc(C(=O)O)cc1)S(=O)(=O)c1ccc(Cl)s1. The first-order valence-electron chi connectivity index (χ1n) is 8.97. The van der Waals surface area contributed by atoms with Gasteiger partial charge in [0.2, 0.25) is 0 Å². The number of benzene rings is 2. The molecular formula is C21H20ClNO4S2. The second-order valence-corrected chi connectivity index (χ2v) is 10.3. The van der Waals surface area contributed by atoms with Crippen LogP contribution in [0, 0.1) is 0 Å². The highest BCUT2D eigenvalue weighted by molar-refractivity contribution is 7.91. The molecule has 0 fully saturated rings. The number of sulfonamides is 1. The number of rotatable bonds is 8. The van der Waals surface area contributed by atoms with Gasteiger partial charge in [-0.1, -0.05) is 61.0 Å². The van der Waals surface area contributed by atoms with Gasteiger partial charge in [0.05, 0.1) is 15.9 Å². The first-order valence-corrected chi connectivity index (χ1v) is 11.6. The number of halogens is 1. The van der Waals surface area contributed by atoms with E-state index in [4.69, 9.17) is 16.7 Å². The van der Waals surface area contributed by atoms with Crippen molar-refractivity contribution in [3.05, 3.63) is 87.8 Å². The Balaban J connectivity index is 2.04. The van der Waals surface area contributed by atoms with E-state index in [1.807, 2.05) is 37.3 Å². The van der Waals surface area contributed by atoms with E-state index in [2.05, 4.69) is 0 Å². The van der Waals surface area contributed by atoms with Gasteiger partial charge in [0.15, 0.2) is 0 Å². The number of nitrogens with zero attached hydrogens (tertiary/aromatic N) is 1. The normalized spacial score (nSPS) is 12.8. The molecule has 152 valence electrons. The molecule has 0 bridgehead atoms. The Kier molecular flexibility index (Phi) is 6.74. The third kappa shape index (κ3) is 4.87. The van der Waals surface area contributed by atoms with Crippen LogP contribution < -0.4 is 0 Å². The van der Waals surface area contributed by atoms with Crippen LogP contribution in [0.4, 0.5) is 0 Å². The lowest BCUT2D eigenvalue weighted by atomic mass is 10.0. The molecule has 29 heavy (non-hydrogen) atoms. The van der Waals surface area contributed by atoms with Gasteiger partial charge in [0.25, 0.3) is 10.0 Å². The van der Waals surface area contributed by atoms with Gasteiger partial charge >= 0.3 is 5.97 Å². The van der Waals surface area contributed by atoms with Crippen molar-refractivity contribution in [1.82, 2.24) is 4.31 Å². The van der Waals surface area contributed by atoms with Crippen LogP contribution in [-0.2, 0) is 16.6 Å². The summed E-state index contributed by atoms with van der Waals surface area (Å²) in [5.74, 6) is -1.02. The molecule has 0 spiro atoms. The molecule has 8 heteroatoms. The number of carbonyl (C=O) groups is 1. The second kappa shape index (κ2) is 9.09. The van der Waals surface area contributed by atoms with E-state index in [-0.39, 0.29) is 22.4 Å². The maximum absolute atomic E-state index is 13.5. The summed E-state index contributed by atoms with van der Waals surface area (Å²) < 4.78 is 29.0. The van der Waals surface area contributed by atoms with Crippen molar-refractivity contribution in [2.45, 2.75) is 30.1 Å². The zero-order valence-electron chi connectivity index (χ0n) is 15.7. The van der Waals surface area contributed by atoms with Crippen molar-refractivity contribution >= 4 is 38.9 Å². The van der Waals surface area contributed by atoms with Gasteiger partial charge in [-0.05, 0) is 41.8 Å². The van der Waals surface area contributed by atoms with Crippen LogP contribution in [0.25, 0.3) is 0 Å². The molecule has 2 aromatic carbocycles. The second-order valence-electron chi connectivity index (χ2n) is 6.45. The van der Waals surface area contributed by atoms with E-state index in [9.17, 15) is 13.2 Å². The van der Waals surface area contributed by atoms with Crippen LogP contribution in [0.1, 0.15) is 40.9 Å². The average Bonchev–Trinajstić information content (AvgIpc) is 3.16. The first-order chi connectivity index (χ1) is 13.8. The molecule has 1 heterocycles. The van der Waals surface area contributed by atoms with E-state index in [0.717, 1.165) is 16.9 Å². The fraction of sp³-hybridized carbons (Fsp3) is 0.190. The zero-order chi connectivity index (χ0) is 21.0. The Morgan fingerprint density at radius 3 is 2.24 bits per heavy atom. The van der Waals surface area contributed by atoms with Crippen molar-refractivity contribution in [3.8, 4) is 0 Å². The molecule has 3 aromatic rings. The summed E-state index contributed by atoms with van der Waals surface area (Å²) in [4.78, 5) is 11.1. The van der Waals surface area contributed by atoms with Crippen LogP contribution >= 0.6 is 22.9 Å². The minimum Gasteiger partial charge on any atom is -0.478 e. The molecule has 0 aliphatic carbocycles. The number of carboxylic acid groups (broad SMARTS) is 1. The Bertz CT molecular complexity index is 1080. The van der Waals surface area contributed by atoms with Gasteiger partial charge in [-0.15, -0.1) is 11.3 Å². The van der Waals surface area contributed by atoms with E-state index in [1.165, 1.54) is 22.5 Å². The van der Waals surface area contributed by atoms with Crippen molar-refractivity contribution < 1.29 is 18.3 Å². The lowest BCUT2D eigenvalue weighted by Crippen LogP contribution is -2.34. The van der Waals surface area contributed by atoms with Crippen LogP contribution in [0.3, 0.4) is 0 Å². The van der Waals surface area contributed by atoms with Gasteiger partial charge < -0.3 is 5.11 Å². The molecule has 0 radical (unpaired) electrons. The predicted octanol–water partition coefficient (Wildman–Crippen LogP) is 5.44. The fourth-order valence-corrected chi connectivity index (χ4v) is 6.42. The predicted molar refractivity (Wildman–Crippen MR) is 115 cm³/mol. The van der Waals surface area contributed by atoms with Crippen LogP contribution in [0.15, 0.2) is 70.9 Å². The number of thiophene rings is 1. The summed E-state index contributed by atoms with van der Waals surface area (Å²) >= 11 is 7.01. The minimum absolute atomic E-state index is 0.116. The fourth-order valence-electron chi connectivity index (χ4n) is 3.13. The molecule has 0 aliphatic rings. The van der Waals surface area contributed by atoms with E-state index < -0.39 is 16.0 Å². The quantitative estimate of drug-likeness (QED) is 0.496. The average molecular weight is 450 g/mol. The number of hydrogen-bond donors (Lipinski definition) is 1. The van der Waals surface area contributed by atoms with Gasteiger partial charge in [0.1, 0.15) is 4.21 Å². The highest BCUT2D eigenvalue weighted by Gasteiger charge is 2.33. The van der Waals surface area contributed by atoms with Gasteiger partial charge in [-0.3, -0.25) is 0 Å². The molecular weight excluding hydrogens is 430 g/mol. The Hall–Kier alpha value is -2.19. The zero-order valence-corrected chi connectivity index (χ0v) is 18.0. The summed E-state index contributed by atoms with van der Waals surface area (Å²) in [6.45, 7) is 2.06. The van der Waals surface area contributed by atoms with Crippen LogP contribution in [-0.4, -0.2) is 23.8 Å². The monoisotopic (exact) mass is 449 g/mol. The Labute approximate surface area is 179 Å². The highest BCUT2D eigenvalue weighted by atomic mass is 35.5. The Morgan fingerprint density at radius 1 is 1.07 bits per heavy atom. The lowest BCUT2D eigenvalue weighted by Gasteiger charge is -2.30. The van der Waals surface area contributed by atoms with Crippen LogP contribution in [0.2, 0.25) is 4.34 Å². The minimum atomic E-state index is -3.81. The van der Waals surface area contributed by atoms with Crippen molar-refractivity contribution in [2.75, 3.05) is 0 Å². The molecule has 0 aliphatic heterocycles. The third-order valence-electron chi connectivity index (χ3n) is 4.57. The smallest absolute Gasteiger partial charge is 0.335 e. The van der Waals surface area contributed by atoms with E-state index >= 15 is 0 Å². The molecule has 3 rings (SSSR count). The van der Waals surface area contributed by atoms with Gasteiger partial charge in [0, 0.05) is 6.54 Å². The summed E-state index contributed by atoms with van der Waals surface area (Å²) in [6, 6.07) is 18.4. The third-order valence-corrected chi connectivity index (χ3v) is 8.12. The van der Waals surface area contributed by atoms with E-state index in [0.29, 0.717) is 16.3 Å². The molecule has 1 unspecified atom stereocenters. The standard InChI is InChI=1S/C21H20ClNO4S2/c1-2-18(16-6-4-3-5-7-16)23(29(26,27)20-13-12-19(22)28-20)14-15-8-10-17(11-9-15)21(24)25/h3-13,18H,2,14H2,1H3,(H,24,25). The number of hydrogen-bond acceptors (Lipinski definition) is 4. The summed E-state index contributed by atoms with van der Waals surface area (Å²) in [7, 11) is -3.81. The molecule has 0 amide bonds. The molecule has 1 N–H and O–H groups in total. The largest absolute Gasteiger partial charge is 0.478 e. The maximum Gasteiger partial charge on any atom is 0.335 e. The molecule has 5 nitrogen and oxygen atoms in total. The molecule has 1 atom stereocenters. The molecule has 1 aromatic heterocycles. The highest BCUT2D eigenvalue weighted by Crippen LogP contribution is 2.35. The number of aromatic carboxylic acids is 1. The van der Waals surface area contributed by atoms with Gasteiger partial charge in [-0.25, -0.2) is 13.2 Å².